The molecule has 1 aromatic heterocycles. The first-order valence-electron chi connectivity index (χ1n) is 8.16. The molecule has 2 N–H and O–H groups in total. The number of aromatic amines is 1. The number of fused-ring (bicyclic) bond motifs is 1. The monoisotopic (exact) mass is 371 g/mol. The third-order valence-corrected chi connectivity index (χ3v) is 5.08. The second-order valence-electron chi connectivity index (χ2n) is 7.32. The fourth-order valence-electron chi connectivity index (χ4n) is 2.51. The zero-order valence-corrected chi connectivity index (χ0v) is 15.9. The van der Waals surface area contributed by atoms with Crippen LogP contribution in [0.3, 0.4) is 0 Å². The van der Waals surface area contributed by atoms with E-state index in [1.165, 1.54) is 12.1 Å². The highest BCUT2D eigenvalue weighted by atomic mass is 32.2. The van der Waals surface area contributed by atoms with Gasteiger partial charge in [0.1, 0.15) is 5.82 Å². The summed E-state index contributed by atoms with van der Waals surface area (Å²) < 4.78 is 23.3. The number of H-pyrrole nitrogens is 1. The van der Waals surface area contributed by atoms with Crippen LogP contribution < -0.4 is 5.32 Å². The molecule has 2 aromatic carbocycles. The number of benzene rings is 2. The van der Waals surface area contributed by atoms with Gasteiger partial charge in [-0.2, -0.15) is 0 Å². The number of sulfone groups is 1. The van der Waals surface area contributed by atoms with Gasteiger partial charge in [0.2, 0.25) is 0 Å². The lowest BCUT2D eigenvalue weighted by Crippen LogP contribution is -2.13. The fraction of sp³-hybridized carbons (Fsp3) is 0.263. The number of imidazole rings is 1. The predicted octanol–water partition coefficient (Wildman–Crippen LogP) is 3.52. The van der Waals surface area contributed by atoms with Gasteiger partial charge in [-0.05, 0) is 36.4 Å². The normalized spacial score (nSPS) is 12.3. The summed E-state index contributed by atoms with van der Waals surface area (Å²) in [5.41, 5.74) is 2.45. The highest BCUT2D eigenvalue weighted by Gasteiger charge is 2.18. The van der Waals surface area contributed by atoms with Crippen LogP contribution in [0.1, 0.15) is 37.0 Å². The Hall–Kier alpha value is -2.67. The van der Waals surface area contributed by atoms with Crippen molar-refractivity contribution in [3.8, 4) is 0 Å². The van der Waals surface area contributed by atoms with Gasteiger partial charge in [0, 0.05) is 22.9 Å². The van der Waals surface area contributed by atoms with Crippen molar-refractivity contribution in [2.75, 3.05) is 11.6 Å². The van der Waals surface area contributed by atoms with Crippen LogP contribution in [0, 0.1) is 0 Å². The minimum Gasteiger partial charge on any atom is -0.341 e. The quantitative estimate of drug-likeness (QED) is 0.737. The molecule has 1 amide bonds. The second kappa shape index (κ2) is 6.25. The lowest BCUT2D eigenvalue weighted by atomic mass is 9.96. The Morgan fingerprint density at radius 1 is 1.12 bits per heavy atom. The molecule has 1 heterocycles. The molecule has 6 nitrogen and oxygen atoms in total. The zero-order valence-electron chi connectivity index (χ0n) is 15.1. The van der Waals surface area contributed by atoms with Crippen LogP contribution in [0.5, 0.6) is 0 Å². The van der Waals surface area contributed by atoms with Gasteiger partial charge >= 0.3 is 0 Å². The number of nitrogens with zero attached hydrogens (tertiary/aromatic N) is 1. The third kappa shape index (κ3) is 3.77. The molecule has 0 fully saturated rings. The molecule has 7 heteroatoms. The Morgan fingerprint density at radius 2 is 1.85 bits per heavy atom. The maximum atomic E-state index is 12.5. The molecule has 0 atom stereocenters. The molecule has 0 radical (unpaired) electrons. The second-order valence-corrected chi connectivity index (χ2v) is 9.34. The molecule has 0 aliphatic rings. The lowest BCUT2D eigenvalue weighted by molar-refractivity contribution is 0.102. The van der Waals surface area contributed by atoms with Crippen molar-refractivity contribution in [2.45, 2.75) is 31.1 Å². The van der Waals surface area contributed by atoms with Crippen molar-refractivity contribution in [1.82, 2.24) is 9.97 Å². The Labute approximate surface area is 152 Å². The molecule has 0 aliphatic carbocycles. The highest BCUT2D eigenvalue weighted by Crippen LogP contribution is 2.24. The molecule has 3 aromatic rings. The number of nitrogens with one attached hydrogen (secondary N) is 2. The fourth-order valence-corrected chi connectivity index (χ4v) is 3.18. The number of carbonyl (C=O) groups is 1. The molecule has 136 valence electrons. The molecule has 0 unspecified atom stereocenters. The van der Waals surface area contributed by atoms with Crippen LogP contribution in [-0.2, 0) is 15.3 Å². The van der Waals surface area contributed by atoms with Crippen LogP contribution >= 0.6 is 0 Å². The summed E-state index contributed by atoms with van der Waals surface area (Å²) in [4.78, 5) is 20.4. The van der Waals surface area contributed by atoms with E-state index in [4.69, 9.17) is 0 Å². The number of anilines is 1. The van der Waals surface area contributed by atoms with Crippen LogP contribution in [0.2, 0.25) is 0 Å². The van der Waals surface area contributed by atoms with Crippen molar-refractivity contribution in [3.05, 3.63) is 53.9 Å². The number of amides is 1. The summed E-state index contributed by atoms with van der Waals surface area (Å²) in [5, 5.41) is 2.80. The number of hydrogen-bond donors (Lipinski definition) is 2. The molecular weight excluding hydrogens is 350 g/mol. The van der Waals surface area contributed by atoms with Gasteiger partial charge in [-0.15, -0.1) is 0 Å². The van der Waals surface area contributed by atoms with Crippen LogP contribution in [-0.4, -0.2) is 30.5 Å². The molecule has 0 saturated carbocycles. The maximum Gasteiger partial charge on any atom is 0.255 e. The molecule has 0 bridgehead atoms. The van der Waals surface area contributed by atoms with E-state index in [1.54, 1.807) is 18.2 Å². The largest absolute Gasteiger partial charge is 0.341 e. The Morgan fingerprint density at radius 3 is 2.50 bits per heavy atom. The summed E-state index contributed by atoms with van der Waals surface area (Å²) in [6.45, 7) is 6.21. The van der Waals surface area contributed by atoms with Crippen molar-refractivity contribution < 1.29 is 13.2 Å². The molecular formula is C19H21N3O3S. The van der Waals surface area contributed by atoms with Gasteiger partial charge in [-0.1, -0.05) is 26.8 Å². The minimum atomic E-state index is -3.37. The molecule has 0 aliphatic heterocycles. The van der Waals surface area contributed by atoms with E-state index < -0.39 is 9.84 Å². The van der Waals surface area contributed by atoms with E-state index in [0.717, 1.165) is 23.1 Å². The molecule has 26 heavy (non-hydrogen) atoms. The van der Waals surface area contributed by atoms with E-state index >= 15 is 0 Å². The summed E-state index contributed by atoms with van der Waals surface area (Å²) in [7, 11) is -3.37. The first kappa shape index (κ1) is 18.1. The van der Waals surface area contributed by atoms with Crippen molar-refractivity contribution >= 4 is 32.5 Å². The Balaban J connectivity index is 1.88. The number of hydrogen-bond acceptors (Lipinski definition) is 4. The predicted molar refractivity (Wildman–Crippen MR) is 102 cm³/mol. The molecule has 3 rings (SSSR count). The zero-order chi connectivity index (χ0) is 19.1. The summed E-state index contributed by atoms with van der Waals surface area (Å²) in [5.74, 6) is 0.502. The lowest BCUT2D eigenvalue weighted by Gasteiger charge is -2.13. The van der Waals surface area contributed by atoms with Gasteiger partial charge in [-0.3, -0.25) is 4.79 Å². The summed E-state index contributed by atoms with van der Waals surface area (Å²) >= 11 is 0. The van der Waals surface area contributed by atoms with Crippen molar-refractivity contribution in [2.24, 2.45) is 0 Å². The average Bonchev–Trinajstić information content (AvgIpc) is 2.98. The third-order valence-electron chi connectivity index (χ3n) is 3.97. The maximum absolute atomic E-state index is 12.5. The Kier molecular flexibility index (Phi) is 4.36. The van der Waals surface area contributed by atoms with E-state index in [-0.39, 0.29) is 21.8 Å². The Bertz CT molecular complexity index is 1090. The smallest absolute Gasteiger partial charge is 0.255 e. The van der Waals surface area contributed by atoms with E-state index in [1.807, 2.05) is 12.1 Å². The van der Waals surface area contributed by atoms with Crippen LogP contribution in [0.25, 0.3) is 11.0 Å². The van der Waals surface area contributed by atoms with Gasteiger partial charge in [0.05, 0.1) is 15.9 Å². The van der Waals surface area contributed by atoms with Crippen LogP contribution in [0.4, 0.5) is 5.69 Å². The van der Waals surface area contributed by atoms with Gasteiger partial charge in [0.15, 0.2) is 9.84 Å². The average molecular weight is 371 g/mol. The number of carbonyl (C=O) groups excluding carboxylic acids is 1. The van der Waals surface area contributed by atoms with E-state index in [0.29, 0.717) is 5.69 Å². The number of aromatic nitrogens is 2. The minimum absolute atomic E-state index is 0.103. The van der Waals surface area contributed by atoms with Gasteiger partial charge in [0.25, 0.3) is 5.91 Å². The SMILES string of the molecule is CC(C)(C)c1nc2ccc(NC(=O)c3cccc(S(C)(=O)=O)c3)cc2[nH]1. The highest BCUT2D eigenvalue weighted by molar-refractivity contribution is 7.90. The molecule has 0 saturated heterocycles. The van der Waals surface area contributed by atoms with Gasteiger partial charge in [-0.25, -0.2) is 13.4 Å². The summed E-state index contributed by atoms with van der Waals surface area (Å²) in [6, 6.07) is 11.4. The summed E-state index contributed by atoms with van der Waals surface area (Å²) in [6.07, 6.45) is 1.11. The molecule has 0 spiro atoms. The van der Waals surface area contributed by atoms with Crippen LogP contribution in [0.15, 0.2) is 47.4 Å². The topological polar surface area (TPSA) is 91.9 Å². The van der Waals surface area contributed by atoms with Gasteiger partial charge < -0.3 is 10.3 Å². The first-order chi connectivity index (χ1) is 12.0. The first-order valence-corrected chi connectivity index (χ1v) is 10.0. The van der Waals surface area contributed by atoms with E-state index in [2.05, 4.69) is 36.1 Å². The standard InChI is InChI=1S/C19H21N3O3S/c1-19(2,3)18-21-15-9-8-13(11-16(15)22-18)20-17(23)12-6-5-7-14(10-12)26(4,24)25/h5-11H,1-4H3,(H,20,23)(H,21,22). The van der Waals surface area contributed by atoms with Crippen molar-refractivity contribution in [1.29, 1.82) is 0 Å². The van der Waals surface area contributed by atoms with Crippen molar-refractivity contribution in [3.63, 3.8) is 0 Å². The number of rotatable bonds is 3. The van der Waals surface area contributed by atoms with E-state index in [9.17, 15) is 13.2 Å².